The Kier molecular flexibility index (Phi) is 9.57. The molecular formula is C16H30IN5O2. The molecule has 0 saturated heterocycles. The number of aromatic nitrogens is 2. The zero-order chi connectivity index (χ0) is 16.5. The fourth-order valence-electron chi connectivity index (χ4n) is 3.22. The molecule has 1 saturated carbocycles. The molecule has 0 spiro atoms. The molecule has 138 valence electrons. The zero-order valence-corrected chi connectivity index (χ0v) is 17.0. The summed E-state index contributed by atoms with van der Waals surface area (Å²) in [5, 5.41) is 19.9. The summed E-state index contributed by atoms with van der Waals surface area (Å²) in [5.41, 5.74) is 0.185. The van der Waals surface area contributed by atoms with Crippen LogP contribution in [0.25, 0.3) is 0 Å². The molecule has 1 aromatic heterocycles. The van der Waals surface area contributed by atoms with Crippen LogP contribution in [0.5, 0.6) is 0 Å². The Morgan fingerprint density at radius 1 is 1.29 bits per heavy atom. The molecule has 2 rings (SSSR count). The highest BCUT2D eigenvalue weighted by atomic mass is 127. The van der Waals surface area contributed by atoms with Crippen LogP contribution in [0.3, 0.4) is 0 Å². The molecule has 1 aliphatic carbocycles. The van der Waals surface area contributed by atoms with Gasteiger partial charge in [0, 0.05) is 19.7 Å². The lowest BCUT2D eigenvalue weighted by Gasteiger charge is -2.37. The van der Waals surface area contributed by atoms with Crippen molar-refractivity contribution in [2.75, 3.05) is 19.7 Å². The van der Waals surface area contributed by atoms with Crippen molar-refractivity contribution in [1.82, 2.24) is 20.8 Å². The topological polar surface area (TPSA) is 95.6 Å². The van der Waals surface area contributed by atoms with Gasteiger partial charge in [-0.3, -0.25) is 0 Å². The third kappa shape index (κ3) is 6.54. The molecule has 0 amide bonds. The van der Waals surface area contributed by atoms with Crippen LogP contribution >= 0.6 is 24.0 Å². The monoisotopic (exact) mass is 451 g/mol. The zero-order valence-electron chi connectivity index (χ0n) is 14.7. The van der Waals surface area contributed by atoms with Crippen LogP contribution in [0, 0.1) is 12.3 Å². The van der Waals surface area contributed by atoms with Gasteiger partial charge in [-0.15, -0.1) is 24.0 Å². The van der Waals surface area contributed by atoms with Crippen molar-refractivity contribution in [3.05, 3.63) is 11.7 Å². The molecule has 24 heavy (non-hydrogen) atoms. The number of halogens is 1. The van der Waals surface area contributed by atoms with E-state index in [0.717, 1.165) is 25.5 Å². The van der Waals surface area contributed by atoms with Crippen molar-refractivity contribution in [2.45, 2.75) is 58.9 Å². The smallest absolute Gasteiger partial charge is 0.248 e. The molecule has 0 aromatic carbocycles. The second-order valence-electron chi connectivity index (χ2n) is 6.32. The third-order valence-electron chi connectivity index (χ3n) is 4.47. The van der Waals surface area contributed by atoms with Gasteiger partial charge in [0.1, 0.15) is 6.54 Å². The number of aliphatic hydroxyl groups is 1. The van der Waals surface area contributed by atoms with E-state index in [4.69, 9.17) is 4.52 Å². The molecule has 1 aromatic rings. The van der Waals surface area contributed by atoms with E-state index in [0.29, 0.717) is 18.3 Å². The summed E-state index contributed by atoms with van der Waals surface area (Å²) < 4.78 is 5.09. The van der Waals surface area contributed by atoms with Gasteiger partial charge >= 0.3 is 0 Å². The first-order chi connectivity index (χ1) is 11.2. The average Bonchev–Trinajstić information content (AvgIpc) is 2.97. The molecule has 0 aliphatic heterocycles. The predicted molar refractivity (Wildman–Crippen MR) is 104 cm³/mol. The summed E-state index contributed by atoms with van der Waals surface area (Å²) in [6, 6.07) is 0. The van der Waals surface area contributed by atoms with Crippen LogP contribution in [0.15, 0.2) is 9.52 Å². The minimum atomic E-state index is 0. The van der Waals surface area contributed by atoms with Crippen molar-refractivity contribution >= 4 is 29.9 Å². The van der Waals surface area contributed by atoms with Crippen LogP contribution in [0.2, 0.25) is 0 Å². The number of hydrogen-bond donors (Lipinski definition) is 3. The first-order valence-corrected chi connectivity index (χ1v) is 8.60. The van der Waals surface area contributed by atoms with Crippen molar-refractivity contribution in [3.8, 4) is 0 Å². The number of rotatable bonds is 7. The second-order valence-corrected chi connectivity index (χ2v) is 6.32. The number of hydrogen-bond acceptors (Lipinski definition) is 5. The fourth-order valence-corrected chi connectivity index (χ4v) is 3.22. The van der Waals surface area contributed by atoms with Crippen LogP contribution in [0.1, 0.15) is 57.2 Å². The molecular weight excluding hydrogens is 421 g/mol. The van der Waals surface area contributed by atoms with Crippen molar-refractivity contribution in [1.29, 1.82) is 0 Å². The highest BCUT2D eigenvalue weighted by molar-refractivity contribution is 14.0. The number of aliphatic hydroxyl groups excluding tert-OH is 1. The standard InChI is InChI=1S/C16H29N5O2.HI/c1-3-17-15(18-11-14-20-13(2)21-23-14)19-12-16(9-10-22)7-5-4-6-8-16;/h22H,3-12H2,1-2H3,(H2,17,18,19);1H. The first-order valence-electron chi connectivity index (χ1n) is 8.60. The molecule has 8 heteroatoms. The van der Waals surface area contributed by atoms with E-state index in [9.17, 15) is 5.11 Å². The third-order valence-corrected chi connectivity index (χ3v) is 4.47. The number of aryl methyl sites for hydroxylation is 1. The quantitative estimate of drug-likeness (QED) is 0.335. The maximum atomic E-state index is 9.41. The van der Waals surface area contributed by atoms with E-state index in [2.05, 4.69) is 25.8 Å². The van der Waals surface area contributed by atoms with Gasteiger partial charge in [0.25, 0.3) is 0 Å². The Labute approximate surface area is 161 Å². The van der Waals surface area contributed by atoms with Crippen LogP contribution in [-0.4, -0.2) is 40.9 Å². The van der Waals surface area contributed by atoms with Gasteiger partial charge in [-0.2, -0.15) is 4.98 Å². The molecule has 0 bridgehead atoms. The summed E-state index contributed by atoms with van der Waals surface area (Å²) in [7, 11) is 0. The molecule has 0 atom stereocenters. The highest BCUT2D eigenvalue weighted by Gasteiger charge is 2.31. The second kappa shape index (κ2) is 10.9. The van der Waals surface area contributed by atoms with Gasteiger partial charge < -0.3 is 20.3 Å². The molecule has 1 heterocycles. The number of guanidine groups is 1. The Balaban J connectivity index is 0.00000288. The highest BCUT2D eigenvalue weighted by Crippen LogP contribution is 2.38. The van der Waals surface area contributed by atoms with Crippen LogP contribution in [0.4, 0.5) is 0 Å². The fraction of sp³-hybridized carbons (Fsp3) is 0.812. The Morgan fingerprint density at radius 2 is 2.04 bits per heavy atom. The summed E-state index contributed by atoms with van der Waals surface area (Å²) in [5.74, 6) is 1.89. The molecule has 7 nitrogen and oxygen atoms in total. The predicted octanol–water partition coefficient (Wildman–Crippen LogP) is 2.38. The minimum absolute atomic E-state index is 0. The van der Waals surface area contributed by atoms with Crippen molar-refractivity contribution < 1.29 is 9.63 Å². The van der Waals surface area contributed by atoms with E-state index in [-0.39, 0.29) is 36.0 Å². The summed E-state index contributed by atoms with van der Waals surface area (Å²) >= 11 is 0. The van der Waals surface area contributed by atoms with Gasteiger partial charge in [-0.25, -0.2) is 4.99 Å². The Hall–Kier alpha value is -0.900. The van der Waals surface area contributed by atoms with E-state index >= 15 is 0 Å². The van der Waals surface area contributed by atoms with E-state index in [1.165, 1.54) is 32.1 Å². The SMILES string of the molecule is CCNC(=NCc1nc(C)no1)NCC1(CCO)CCCCC1.I. The first kappa shape index (κ1) is 21.1. The van der Waals surface area contributed by atoms with Crippen LogP contribution in [-0.2, 0) is 6.54 Å². The Bertz CT molecular complexity index is 495. The number of nitrogens with zero attached hydrogens (tertiary/aromatic N) is 3. The van der Waals surface area contributed by atoms with E-state index in [1.54, 1.807) is 6.92 Å². The van der Waals surface area contributed by atoms with Gasteiger partial charge in [0.2, 0.25) is 5.89 Å². The molecule has 3 N–H and O–H groups in total. The lowest BCUT2D eigenvalue weighted by molar-refractivity contribution is 0.131. The lowest BCUT2D eigenvalue weighted by Crippen LogP contribution is -2.44. The Morgan fingerprint density at radius 3 is 2.62 bits per heavy atom. The maximum Gasteiger partial charge on any atom is 0.248 e. The maximum absolute atomic E-state index is 9.41. The van der Waals surface area contributed by atoms with Gasteiger partial charge in [0.15, 0.2) is 11.8 Å². The van der Waals surface area contributed by atoms with Gasteiger partial charge in [-0.1, -0.05) is 24.4 Å². The van der Waals surface area contributed by atoms with Gasteiger partial charge in [-0.05, 0) is 38.5 Å². The van der Waals surface area contributed by atoms with Crippen LogP contribution < -0.4 is 10.6 Å². The van der Waals surface area contributed by atoms with E-state index < -0.39 is 0 Å². The normalized spacial score (nSPS) is 17.2. The average molecular weight is 451 g/mol. The van der Waals surface area contributed by atoms with Crippen molar-refractivity contribution in [2.24, 2.45) is 10.4 Å². The lowest BCUT2D eigenvalue weighted by atomic mass is 9.72. The van der Waals surface area contributed by atoms with E-state index in [1.807, 2.05) is 6.92 Å². The largest absolute Gasteiger partial charge is 0.396 e. The molecule has 0 radical (unpaired) electrons. The summed E-state index contributed by atoms with van der Waals surface area (Å²) in [6.07, 6.45) is 6.99. The molecule has 0 unspecified atom stereocenters. The summed E-state index contributed by atoms with van der Waals surface area (Å²) in [6.45, 7) is 6.07. The molecule has 1 fully saturated rings. The number of nitrogens with one attached hydrogen (secondary N) is 2. The minimum Gasteiger partial charge on any atom is -0.396 e. The molecule has 1 aliphatic rings. The van der Waals surface area contributed by atoms with Gasteiger partial charge in [0.05, 0.1) is 0 Å². The summed E-state index contributed by atoms with van der Waals surface area (Å²) in [4.78, 5) is 8.67. The van der Waals surface area contributed by atoms with Crippen molar-refractivity contribution in [3.63, 3.8) is 0 Å². The number of aliphatic imine (C=N–C) groups is 1.